The summed E-state index contributed by atoms with van der Waals surface area (Å²) in [5, 5.41) is 26.7. The van der Waals surface area contributed by atoms with Gasteiger partial charge in [0.05, 0.1) is 0 Å². The topological polar surface area (TPSA) is 90.1 Å². The van der Waals surface area contributed by atoms with Gasteiger partial charge in [-0.1, -0.05) is 6.07 Å². The molecule has 16 heavy (non-hydrogen) atoms. The maximum atomic E-state index is 10.1. The molecule has 0 aromatic heterocycles. The van der Waals surface area contributed by atoms with Crippen LogP contribution in [0.1, 0.15) is 5.56 Å². The molecule has 0 fully saturated rings. The molecule has 0 saturated carbocycles. The van der Waals surface area contributed by atoms with E-state index in [2.05, 4.69) is 4.99 Å². The Morgan fingerprint density at radius 3 is 2.62 bits per heavy atom. The molecule has 0 unspecified atom stereocenters. The quantitative estimate of drug-likeness (QED) is 0.510. The van der Waals surface area contributed by atoms with Gasteiger partial charge in [-0.05, 0) is 11.6 Å². The third kappa shape index (κ3) is 5.16. The predicted octanol–water partition coefficient (Wildman–Crippen LogP) is 0.147. The Balaban J connectivity index is 0.00000225. The van der Waals surface area contributed by atoms with Gasteiger partial charge < -0.3 is 15.3 Å². The number of aliphatic imine (C=N–C) groups is 1. The van der Waals surface area contributed by atoms with Crippen molar-refractivity contribution in [1.82, 2.24) is 0 Å². The van der Waals surface area contributed by atoms with Crippen LogP contribution in [0.5, 0.6) is 11.5 Å². The van der Waals surface area contributed by atoms with Crippen molar-refractivity contribution in [2.24, 2.45) is 4.99 Å². The fourth-order valence-electron chi connectivity index (χ4n) is 1.03. The second kappa shape index (κ2) is 7.27. The molecule has 0 bridgehead atoms. The molecule has 1 aromatic rings. The van der Waals surface area contributed by atoms with Crippen molar-refractivity contribution in [2.45, 2.75) is 6.42 Å². The predicted molar refractivity (Wildman–Crippen MR) is 61.6 cm³/mol. The molecule has 0 aliphatic carbocycles. The summed E-state index contributed by atoms with van der Waals surface area (Å²) in [6.07, 6.45) is 1.75. The first-order valence-corrected chi connectivity index (χ1v) is 4.30. The Kier molecular flexibility index (Phi) is 6.80. The summed E-state index contributed by atoms with van der Waals surface area (Å²) in [5.74, 6) is -1.04. The molecule has 0 radical (unpaired) electrons. The van der Waals surface area contributed by atoms with Crippen LogP contribution in [0.2, 0.25) is 0 Å². The van der Waals surface area contributed by atoms with E-state index in [4.69, 9.17) is 10.2 Å². The monoisotopic (exact) mass is 233 g/mol. The summed E-state index contributed by atoms with van der Waals surface area (Å²) in [5.41, 5.74) is 0.585. The summed E-state index contributed by atoms with van der Waals surface area (Å²) in [4.78, 5) is 13.8. The van der Waals surface area contributed by atoms with Gasteiger partial charge in [0.15, 0.2) is 0 Å². The molecule has 3 N–H and O–H groups in total. The van der Waals surface area contributed by atoms with E-state index in [1.807, 2.05) is 0 Å². The zero-order valence-electron chi connectivity index (χ0n) is 7.92. The molecule has 0 amide bonds. The Hall–Kier alpha value is -1.04. The number of nitrogens with zero attached hydrogens (tertiary/aromatic N) is 1. The molecule has 1 aromatic carbocycles. The maximum absolute atomic E-state index is 10.1. The number of aromatic hydroxyl groups is 2. The molecule has 5 nitrogen and oxygen atoms in total. The Labute approximate surface area is 115 Å². The van der Waals surface area contributed by atoms with E-state index < -0.39 is 5.97 Å². The van der Waals surface area contributed by atoms with Gasteiger partial charge in [0.25, 0.3) is 0 Å². The van der Waals surface area contributed by atoms with Crippen molar-refractivity contribution < 1.29 is 20.1 Å². The van der Waals surface area contributed by atoms with Gasteiger partial charge in [-0.2, -0.15) is 0 Å². The number of carboxylic acids is 1. The van der Waals surface area contributed by atoms with E-state index in [-0.39, 0.29) is 47.6 Å². The molecule has 0 spiro atoms. The molecule has 0 atom stereocenters. The van der Waals surface area contributed by atoms with Crippen LogP contribution in [0.25, 0.3) is 0 Å². The van der Waals surface area contributed by atoms with Gasteiger partial charge in [0.1, 0.15) is 18.0 Å². The van der Waals surface area contributed by atoms with E-state index >= 15 is 0 Å². The Morgan fingerprint density at radius 2 is 2.06 bits per heavy atom. The fourth-order valence-corrected chi connectivity index (χ4v) is 1.03. The van der Waals surface area contributed by atoms with Crippen LogP contribution in [0, 0.1) is 0 Å². The molecule has 0 heterocycles. The molecule has 6 heteroatoms. The molecule has 0 aliphatic rings. The van der Waals surface area contributed by atoms with Crippen LogP contribution in [-0.2, 0) is 11.2 Å². The minimum atomic E-state index is -0.999. The van der Waals surface area contributed by atoms with Crippen LogP contribution in [0.15, 0.2) is 23.2 Å². The summed E-state index contributed by atoms with van der Waals surface area (Å²) in [7, 11) is 0. The molecular weight excluding hydrogens is 221 g/mol. The zero-order valence-corrected chi connectivity index (χ0v) is 7.92. The number of hydrogen-bond donors (Lipinski definition) is 3. The second-order valence-electron chi connectivity index (χ2n) is 2.93. The molecular formula is C10H12NNaO4. The number of benzene rings is 1. The van der Waals surface area contributed by atoms with Crippen LogP contribution in [-0.4, -0.2) is 63.6 Å². The Morgan fingerprint density at radius 1 is 1.38 bits per heavy atom. The fraction of sp³-hybridized carbons (Fsp3) is 0.200. The van der Waals surface area contributed by atoms with Gasteiger partial charge in [-0.15, -0.1) is 0 Å². The van der Waals surface area contributed by atoms with Gasteiger partial charge in [-0.25, -0.2) is 0 Å². The first-order chi connectivity index (χ1) is 7.09. The van der Waals surface area contributed by atoms with Crippen LogP contribution in [0.3, 0.4) is 0 Å². The number of hydrogen-bond acceptors (Lipinski definition) is 4. The van der Waals surface area contributed by atoms with Crippen molar-refractivity contribution in [3.63, 3.8) is 0 Å². The normalized spacial score (nSPS) is 10.0. The van der Waals surface area contributed by atoms with Crippen LogP contribution >= 0.6 is 0 Å². The van der Waals surface area contributed by atoms with Crippen molar-refractivity contribution in [2.75, 3.05) is 6.54 Å². The summed E-state index contributed by atoms with van der Waals surface area (Å²) in [6, 6.07) is 4.22. The average molecular weight is 233 g/mol. The SMILES string of the molecule is O=C(O)CN=CCc1ccc(O)cc1O.[NaH]. The summed E-state index contributed by atoms with van der Waals surface area (Å²) in [6.45, 7) is -0.279. The molecule has 0 aliphatic heterocycles. The van der Waals surface area contributed by atoms with Gasteiger partial charge in [-0.3, -0.25) is 9.79 Å². The van der Waals surface area contributed by atoms with E-state index in [0.717, 1.165) is 0 Å². The van der Waals surface area contributed by atoms with Crippen molar-refractivity contribution in [3.8, 4) is 11.5 Å². The number of carboxylic acid groups (broad SMARTS) is 1. The van der Waals surface area contributed by atoms with Crippen LogP contribution < -0.4 is 0 Å². The van der Waals surface area contributed by atoms with Crippen molar-refractivity contribution in [1.29, 1.82) is 0 Å². The first kappa shape index (κ1) is 15.0. The van der Waals surface area contributed by atoms with Gasteiger partial charge in [0.2, 0.25) is 0 Å². The zero-order chi connectivity index (χ0) is 11.3. The van der Waals surface area contributed by atoms with Gasteiger partial charge >= 0.3 is 35.5 Å². The first-order valence-electron chi connectivity index (χ1n) is 4.30. The third-order valence-corrected chi connectivity index (χ3v) is 1.74. The number of rotatable bonds is 4. The Bertz CT molecular complexity index is 392. The van der Waals surface area contributed by atoms with E-state index in [9.17, 15) is 9.90 Å². The number of aliphatic carboxylic acids is 1. The van der Waals surface area contributed by atoms with Crippen LogP contribution in [0.4, 0.5) is 0 Å². The van der Waals surface area contributed by atoms with Crippen molar-refractivity contribution >= 4 is 41.7 Å². The summed E-state index contributed by atoms with van der Waals surface area (Å²) >= 11 is 0. The van der Waals surface area contributed by atoms with E-state index in [1.54, 1.807) is 6.07 Å². The van der Waals surface area contributed by atoms with E-state index in [0.29, 0.717) is 12.0 Å². The van der Waals surface area contributed by atoms with E-state index in [1.165, 1.54) is 18.3 Å². The number of phenols is 2. The standard InChI is InChI=1S/C10H11NO4.Na.H/c12-8-2-1-7(9(13)5-8)3-4-11-6-10(14)15;;/h1-2,4-5,12-13H,3,6H2,(H,14,15);;. The minimum absolute atomic E-state index is 0. The van der Waals surface area contributed by atoms with Gasteiger partial charge in [0, 0.05) is 18.7 Å². The molecule has 0 saturated heterocycles. The summed E-state index contributed by atoms with van der Waals surface area (Å²) < 4.78 is 0. The number of carbonyl (C=O) groups is 1. The third-order valence-electron chi connectivity index (χ3n) is 1.74. The van der Waals surface area contributed by atoms with Crippen molar-refractivity contribution in [3.05, 3.63) is 23.8 Å². The average Bonchev–Trinajstić information content (AvgIpc) is 2.14. The second-order valence-corrected chi connectivity index (χ2v) is 2.93. The number of phenolic OH excluding ortho intramolecular Hbond substituents is 2. The molecule has 82 valence electrons. The molecule has 1 rings (SSSR count).